The molecule has 0 aliphatic heterocycles. The van der Waals surface area contributed by atoms with Crippen LogP contribution in [0.1, 0.15) is 5.56 Å². The zero-order valence-corrected chi connectivity index (χ0v) is 11.9. The molecule has 0 aliphatic rings. The zero-order chi connectivity index (χ0) is 12.9. The van der Waals surface area contributed by atoms with Gasteiger partial charge < -0.3 is 9.16 Å². The van der Waals surface area contributed by atoms with Crippen molar-refractivity contribution in [2.75, 3.05) is 7.11 Å². The van der Waals surface area contributed by atoms with Crippen LogP contribution in [0.15, 0.2) is 24.3 Å². The highest BCUT2D eigenvalue weighted by Gasteiger charge is 2.21. The molecule has 1 rings (SSSR count). The summed E-state index contributed by atoms with van der Waals surface area (Å²) in [6.45, 7) is 6.25. The molecule has 0 saturated heterocycles. The van der Waals surface area contributed by atoms with E-state index in [1.165, 1.54) is 0 Å². The fourth-order valence-corrected chi connectivity index (χ4v) is 2.60. The summed E-state index contributed by atoms with van der Waals surface area (Å²) in [7, 11) is -0.0475. The summed E-state index contributed by atoms with van der Waals surface area (Å²) in [6, 6.07) is 9.95. The summed E-state index contributed by atoms with van der Waals surface area (Å²) in [5.74, 6) is 0.812. The largest absolute Gasteiger partial charge is 0.496 e. The van der Waals surface area contributed by atoms with Crippen LogP contribution >= 0.6 is 0 Å². The maximum Gasteiger partial charge on any atom is 0.185 e. The van der Waals surface area contributed by atoms with E-state index in [0.29, 0.717) is 6.42 Å². The van der Waals surface area contributed by atoms with E-state index in [0.717, 1.165) is 11.3 Å². The number of methoxy groups -OCH3 is 1. The van der Waals surface area contributed by atoms with Gasteiger partial charge in [-0.3, -0.25) is 0 Å². The van der Waals surface area contributed by atoms with Gasteiger partial charge in [-0.2, -0.15) is 5.26 Å². The van der Waals surface area contributed by atoms with Crippen LogP contribution in [0.4, 0.5) is 0 Å². The lowest BCUT2D eigenvalue weighted by molar-refractivity contribution is 0.247. The van der Waals surface area contributed by atoms with E-state index in [2.05, 4.69) is 25.7 Å². The average Bonchev–Trinajstić information content (AvgIpc) is 2.27. The molecule has 0 aromatic heterocycles. The van der Waals surface area contributed by atoms with Gasteiger partial charge in [-0.05, 0) is 31.3 Å². The summed E-state index contributed by atoms with van der Waals surface area (Å²) in [5, 5.41) is 9.12. The van der Waals surface area contributed by atoms with Gasteiger partial charge in [-0.15, -0.1) is 0 Å². The minimum atomic E-state index is -1.69. The Balaban J connectivity index is 2.78. The van der Waals surface area contributed by atoms with Crippen LogP contribution in [0.25, 0.3) is 0 Å². The van der Waals surface area contributed by atoms with Gasteiger partial charge in [0.2, 0.25) is 0 Å². The van der Waals surface area contributed by atoms with Crippen molar-refractivity contribution in [1.82, 2.24) is 0 Å². The van der Waals surface area contributed by atoms with E-state index in [9.17, 15) is 0 Å². The van der Waals surface area contributed by atoms with Crippen molar-refractivity contribution in [3.05, 3.63) is 29.8 Å². The monoisotopic (exact) mass is 249 g/mol. The van der Waals surface area contributed by atoms with Crippen molar-refractivity contribution in [2.24, 2.45) is 0 Å². The maximum absolute atomic E-state index is 9.12. The minimum absolute atomic E-state index is 0.391. The lowest BCUT2D eigenvalue weighted by Crippen LogP contribution is -2.32. The van der Waals surface area contributed by atoms with E-state index < -0.39 is 14.4 Å². The van der Waals surface area contributed by atoms with Crippen LogP contribution in [0.2, 0.25) is 19.6 Å². The Labute approximate surface area is 104 Å². The van der Waals surface area contributed by atoms with Crippen molar-refractivity contribution < 1.29 is 9.16 Å². The average molecular weight is 249 g/mol. The molecule has 0 unspecified atom stereocenters. The smallest absolute Gasteiger partial charge is 0.185 e. The Hall–Kier alpha value is -1.31. The molecular weight excluding hydrogens is 230 g/mol. The number of benzene rings is 1. The Kier molecular flexibility index (Phi) is 4.73. The number of nitrogens with zero attached hydrogens (tertiary/aromatic N) is 1. The van der Waals surface area contributed by atoms with Gasteiger partial charge in [0, 0.05) is 6.42 Å². The van der Waals surface area contributed by atoms with Crippen molar-refractivity contribution in [1.29, 1.82) is 5.26 Å². The predicted octanol–water partition coefficient (Wildman–Crippen LogP) is 2.98. The molecule has 1 atom stereocenters. The van der Waals surface area contributed by atoms with E-state index in [-0.39, 0.29) is 0 Å². The topological polar surface area (TPSA) is 42.2 Å². The van der Waals surface area contributed by atoms with Crippen LogP contribution < -0.4 is 4.74 Å². The number of nitriles is 1. The van der Waals surface area contributed by atoms with Gasteiger partial charge in [-0.25, -0.2) is 0 Å². The second kappa shape index (κ2) is 5.85. The predicted molar refractivity (Wildman–Crippen MR) is 70.5 cm³/mol. The second-order valence-electron chi connectivity index (χ2n) is 4.86. The van der Waals surface area contributed by atoms with Crippen molar-refractivity contribution in [3.8, 4) is 11.8 Å². The number of para-hydroxylation sites is 1. The summed E-state index contributed by atoms with van der Waals surface area (Å²) < 4.78 is 11.1. The molecule has 0 bridgehead atoms. The van der Waals surface area contributed by atoms with Crippen LogP contribution in [-0.4, -0.2) is 21.5 Å². The maximum atomic E-state index is 9.12. The molecule has 0 amide bonds. The normalized spacial score (nSPS) is 12.9. The molecule has 0 saturated carbocycles. The highest BCUT2D eigenvalue weighted by atomic mass is 28.4. The molecule has 0 heterocycles. The summed E-state index contributed by atoms with van der Waals surface area (Å²) in [4.78, 5) is 0. The molecule has 0 aliphatic carbocycles. The molecule has 0 spiro atoms. The van der Waals surface area contributed by atoms with E-state index in [1.54, 1.807) is 7.11 Å². The Morgan fingerprint density at radius 2 is 1.94 bits per heavy atom. The third kappa shape index (κ3) is 4.59. The fourth-order valence-electron chi connectivity index (χ4n) is 1.61. The lowest BCUT2D eigenvalue weighted by Gasteiger charge is -2.22. The third-order valence-electron chi connectivity index (χ3n) is 2.24. The zero-order valence-electron chi connectivity index (χ0n) is 10.9. The first-order chi connectivity index (χ1) is 7.96. The lowest BCUT2D eigenvalue weighted by atomic mass is 10.1. The molecular formula is C13H19NO2Si. The highest BCUT2D eigenvalue weighted by Crippen LogP contribution is 2.21. The first-order valence-electron chi connectivity index (χ1n) is 5.65. The number of hydrogen-bond acceptors (Lipinski definition) is 3. The molecule has 1 aromatic rings. The van der Waals surface area contributed by atoms with E-state index in [1.807, 2.05) is 24.3 Å². The van der Waals surface area contributed by atoms with E-state index in [4.69, 9.17) is 14.4 Å². The molecule has 1 aromatic carbocycles. The van der Waals surface area contributed by atoms with Crippen molar-refractivity contribution >= 4 is 8.32 Å². The Bertz CT molecular complexity index is 407. The molecule has 0 radical (unpaired) electrons. The first-order valence-corrected chi connectivity index (χ1v) is 9.06. The standard InChI is InChI=1S/C13H19NO2Si/c1-15-13-8-6-5-7-11(13)9-12(10-14)16-17(2,3)4/h5-8,12H,9H2,1-4H3/t12-/m0/s1. The minimum Gasteiger partial charge on any atom is -0.496 e. The molecule has 0 fully saturated rings. The summed E-state index contributed by atoms with van der Waals surface area (Å²) in [5.41, 5.74) is 1.01. The molecule has 3 nitrogen and oxygen atoms in total. The Morgan fingerprint density at radius 3 is 2.47 bits per heavy atom. The Morgan fingerprint density at radius 1 is 1.29 bits per heavy atom. The molecule has 17 heavy (non-hydrogen) atoms. The molecule has 0 N–H and O–H groups in total. The van der Waals surface area contributed by atoms with Gasteiger partial charge in [0.25, 0.3) is 0 Å². The summed E-state index contributed by atoms with van der Waals surface area (Å²) in [6.07, 6.45) is 0.183. The fraction of sp³-hybridized carbons (Fsp3) is 0.462. The van der Waals surface area contributed by atoms with E-state index >= 15 is 0 Å². The number of rotatable bonds is 5. The van der Waals surface area contributed by atoms with Gasteiger partial charge >= 0.3 is 0 Å². The quantitative estimate of drug-likeness (QED) is 0.753. The summed E-state index contributed by atoms with van der Waals surface area (Å²) >= 11 is 0. The van der Waals surface area contributed by atoms with Gasteiger partial charge in [0.15, 0.2) is 8.32 Å². The SMILES string of the molecule is COc1ccccc1C[C@@H](C#N)O[Si](C)(C)C. The third-order valence-corrected chi connectivity index (χ3v) is 3.23. The van der Waals surface area contributed by atoms with Gasteiger partial charge in [0.05, 0.1) is 13.2 Å². The number of ether oxygens (including phenoxy) is 1. The van der Waals surface area contributed by atoms with Crippen LogP contribution in [0, 0.1) is 11.3 Å². The molecule has 92 valence electrons. The van der Waals surface area contributed by atoms with Gasteiger partial charge in [-0.1, -0.05) is 18.2 Å². The van der Waals surface area contributed by atoms with Gasteiger partial charge in [0.1, 0.15) is 11.9 Å². The van der Waals surface area contributed by atoms with Crippen LogP contribution in [0.5, 0.6) is 5.75 Å². The number of hydrogen-bond donors (Lipinski definition) is 0. The molecule has 4 heteroatoms. The first kappa shape index (κ1) is 13.8. The van der Waals surface area contributed by atoms with Crippen molar-refractivity contribution in [3.63, 3.8) is 0 Å². The second-order valence-corrected chi connectivity index (χ2v) is 9.32. The van der Waals surface area contributed by atoms with Crippen molar-refractivity contribution in [2.45, 2.75) is 32.2 Å². The van der Waals surface area contributed by atoms with Crippen LogP contribution in [-0.2, 0) is 10.8 Å². The highest BCUT2D eigenvalue weighted by molar-refractivity contribution is 6.69. The van der Waals surface area contributed by atoms with Crippen LogP contribution in [0.3, 0.4) is 0 Å².